The van der Waals surface area contributed by atoms with Crippen molar-refractivity contribution in [1.29, 1.82) is 0 Å². The van der Waals surface area contributed by atoms with Crippen LogP contribution in [0.4, 0.5) is 5.69 Å². The van der Waals surface area contributed by atoms with E-state index in [9.17, 15) is 4.79 Å². The second-order valence-corrected chi connectivity index (χ2v) is 4.44. The number of nitrogens with zero attached hydrogens (tertiary/aromatic N) is 1. The van der Waals surface area contributed by atoms with Gasteiger partial charge >= 0.3 is 0 Å². The van der Waals surface area contributed by atoms with Crippen molar-refractivity contribution in [3.63, 3.8) is 0 Å². The highest BCUT2D eigenvalue weighted by Gasteiger charge is 2.17. The Hall–Kier alpha value is -1.71. The zero-order valence-corrected chi connectivity index (χ0v) is 12.0. The normalized spacial score (nSPS) is 10.1. The molecule has 0 atom stereocenters. The molecule has 1 aromatic carbocycles. The number of Topliss-reactive ketones (excluding diaryl/α,β-unsaturated/α-hetero) is 1. The summed E-state index contributed by atoms with van der Waals surface area (Å²) in [4.78, 5) is 13.1. The molecule has 0 bridgehead atoms. The van der Waals surface area contributed by atoms with Gasteiger partial charge in [0.2, 0.25) is 0 Å². The average molecular weight is 251 g/mol. The lowest BCUT2D eigenvalue weighted by Gasteiger charge is -2.24. The fourth-order valence-electron chi connectivity index (χ4n) is 2.02. The van der Waals surface area contributed by atoms with E-state index in [1.807, 2.05) is 31.9 Å². The zero-order chi connectivity index (χ0) is 13.9. The van der Waals surface area contributed by atoms with E-state index in [1.165, 1.54) is 0 Å². The van der Waals surface area contributed by atoms with E-state index >= 15 is 0 Å². The molecule has 0 radical (unpaired) electrons. The van der Waals surface area contributed by atoms with Gasteiger partial charge in [0, 0.05) is 13.1 Å². The quantitative estimate of drug-likeness (QED) is 0.805. The van der Waals surface area contributed by atoms with Crippen molar-refractivity contribution in [2.24, 2.45) is 0 Å². The van der Waals surface area contributed by atoms with Crippen LogP contribution in [-0.4, -0.2) is 33.6 Å². The molecule has 0 aliphatic heterocycles. The number of carbonyl (C=O) groups excluding carboxylic acids is 1. The van der Waals surface area contributed by atoms with Crippen LogP contribution in [0.5, 0.6) is 11.5 Å². The predicted octanol–water partition coefficient (Wildman–Crippen LogP) is 2.35. The van der Waals surface area contributed by atoms with Crippen molar-refractivity contribution in [3.05, 3.63) is 17.2 Å². The third-order valence-corrected chi connectivity index (χ3v) is 3.07. The second kappa shape index (κ2) is 5.76. The molecule has 0 aliphatic carbocycles. The van der Waals surface area contributed by atoms with Gasteiger partial charge in [0.1, 0.15) is 17.3 Å². The molecule has 0 aromatic heterocycles. The van der Waals surface area contributed by atoms with Crippen LogP contribution in [-0.2, 0) is 4.79 Å². The zero-order valence-electron chi connectivity index (χ0n) is 12.0. The number of ketones is 1. The maximum atomic E-state index is 11.2. The molecule has 0 unspecified atom stereocenters. The lowest BCUT2D eigenvalue weighted by atomic mass is 10.1. The van der Waals surface area contributed by atoms with Gasteiger partial charge in [0.05, 0.1) is 26.5 Å². The molecular formula is C14H21NO3. The molecule has 0 spiro atoms. The lowest BCUT2D eigenvalue weighted by Crippen LogP contribution is -2.24. The van der Waals surface area contributed by atoms with Crippen molar-refractivity contribution in [2.75, 3.05) is 32.7 Å². The van der Waals surface area contributed by atoms with Gasteiger partial charge in [-0.3, -0.25) is 4.79 Å². The van der Waals surface area contributed by atoms with Gasteiger partial charge in [0.25, 0.3) is 0 Å². The van der Waals surface area contributed by atoms with Gasteiger partial charge in [0.15, 0.2) is 0 Å². The summed E-state index contributed by atoms with van der Waals surface area (Å²) in [6.07, 6.45) is 0. The van der Waals surface area contributed by atoms with Gasteiger partial charge in [-0.15, -0.1) is 0 Å². The van der Waals surface area contributed by atoms with Crippen LogP contribution in [0.1, 0.15) is 18.1 Å². The van der Waals surface area contributed by atoms with E-state index in [4.69, 9.17) is 9.47 Å². The number of hydrogen-bond donors (Lipinski definition) is 0. The summed E-state index contributed by atoms with van der Waals surface area (Å²) in [6, 6.07) is 1.91. The molecular weight excluding hydrogens is 230 g/mol. The van der Waals surface area contributed by atoms with E-state index in [2.05, 4.69) is 0 Å². The van der Waals surface area contributed by atoms with Crippen LogP contribution in [0.15, 0.2) is 6.07 Å². The fourth-order valence-corrected chi connectivity index (χ4v) is 2.02. The van der Waals surface area contributed by atoms with Gasteiger partial charge in [-0.05, 0) is 31.9 Å². The summed E-state index contributed by atoms with van der Waals surface area (Å²) >= 11 is 0. The van der Waals surface area contributed by atoms with Gasteiger partial charge < -0.3 is 14.4 Å². The van der Waals surface area contributed by atoms with Crippen LogP contribution in [0.2, 0.25) is 0 Å². The van der Waals surface area contributed by atoms with Crippen molar-refractivity contribution >= 4 is 11.5 Å². The minimum Gasteiger partial charge on any atom is -0.496 e. The van der Waals surface area contributed by atoms with Gasteiger partial charge in [-0.2, -0.15) is 0 Å². The van der Waals surface area contributed by atoms with Crippen molar-refractivity contribution in [3.8, 4) is 11.5 Å². The summed E-state index contributed by atoms with van der Waals surface area (Å²) in [7, 11) is 5.15. The Morgan fingerprint density at radius 2 is 1.83 bits per heavy atom. The number of carbonyl (C=O) groups is 1. The van der Waals surface area contributed by atoms with E-state index in [0.717, 1.165) is 28.3 Å². The van der Waals surface area contributed by atoms with Crippen LogP contribution in [0.3, 0.4) is 0 Å². The molecule has 4 heteroatoms. The standard InChI is InChI=1S/C14H21NO3/c1-9(16)8-15(4)12-7-13(17-5)10(2)11(3)14(12)18-6/h7H,8H2,1-6H3. The fraction of sp³-hybridized carbons (Fsp3) is 0.500. The number of anilines is 1. The first kappa shape index (κ1) is 14.4. The summed E-state index contributed by atoms with van der Waals surface area (Å²) in [5.74, 6) is 1.70. The Labute approximate surface area is 108 Å². The summed E-state index contributed by atoms with van der Waals surface area (Å²) in [5, 5.41) is 0. The molecule has 4 nitrogen and oxygen atoms in total. The molecule has 0 heterocycles. The number of likely N-dealkylation sites (N-methyl/N-ethyl adjacent to an activating group) is 1. The van der Waals surface area contributed by atoms with E-state index in [-0.39, 0.29) is 5.78 Å². The van der Waals surface area contributed by atoms with E-state index < -0.39 is 0 Å². The molecule has 0 N–H and O–H groups in total. The summed E-state index contributed by atoms with van der Waals surface area (Å²) in [5.41, 5.74) is 2.95. The number of ether oxygens (including phenoxy) is 2. The third-order valence-electron chi connectivity index (χ3n) is 3.07. The number of methoxy groups -OCH3 is 2. The minimum atomic E-state index is 0.108. The van der Waals surface area contributed by atoms with Crippen LogP contribution >= 0.6 is 0 Å². The molecule has 0 fully saturated rings. The Morgan fingerprint density at radius 3 is 2.28 bits per heavy atom. The predicted molar refractivity (Wildman–Crippen MR) is 73.0 cm³/mol. The van der Waals surface area contributed by atoms with Crippen LogP contribution < -0.4 is 14.4 Å². The maximum absolute atomic E-state index is 11.2. The van der Waals surface area contributed by atoms with Gasteiger partial charge in [-0.1, -0.05) is 0 Å². The molecule has 0 amide bonds. The summed E-state index contributed by atoms with van der Waals surface area (Å²) < 4.78 is 10.8. The third kappa shape index (κ3) is 2.75. The Kier molecular flexibility index (Phi) is 4.59. The molecule has 0 saturated heterocycles. The monoisotopic (exact) mass is 251 g/mol. The summed E-state index contributed by atoms with van der Waals surface area (Å²) in [6.45, 7) is 5.90. The number of benzene rings is 1. The largest absolute Gasteiger partial charge is 0.496 e. The Morgan fingerprint density at radius 1 is 1.22 bits per heavy atom. The van der Waals surface area contributed by atoms with Crippen LogP contribution in [0.25, 0.3) is 0 Å². The highest BCUT2D eigenvalue weighted by molar-refractivity contribution is 5.82. The van der Waals surface area contributed by atoms with Crippen molar-refractivity contribution < 1.29 is 14.3 Å². The minimum absolute atomic E-state index is 0.108. The van der Waals surface area contributed by atoms with Gasteiger partial charge in [-0.25, -0.2) is 0 Å². The lowest BCUT2D eigenvalue weighted by molar-refractivity contribution is -0.115. The highest BCUT2D eigenvalue weighted by Crippen LogP contribution is 2.38. The molecule has 1 rings (SSSR count). The Bertz CT molecular complexity index is 455. The number of rotatable bonds is 5. The first-order chi connectivity index (χ1) is 8.42. The number of hydrogen-bond acceptors (Lipinski definition) is 4. The molecule has 0 aliphatic rings. The highest BCUT2D eigenvalue weighted by atomic mass is 16.5. The second-order valence-electron chi connectivity index (χ2n) is 4.44. The average Bonchev–Trinajstić information content (AvgIpc) is 2.31. The molecule has 0 saturated carbocycles. The maximum Gasteiger partial charge on any atom is 0.149 e. The van der Waals surface area contributed by atoms with Crippen molar-refractivity contribution in [2.45, 2.75) is 20.8 Å². The van der Waals surface area contributed by atoms with Crippen LogP contribution in [0, 0.1) is 13.8 Å². The van der Waals surface area contributed by atoms with E-state index in [1.54, 1.807) is 21.1 Å². The first-order valence-corrected chi connectivity index (χ1v) is 5.85. The SMILES string of the molecule is COc1cc(N(C)CC(C)=O)c(OC)c(C)c1C. The first-order valence-electron chi connectivity index (χ1n) is 5.85. The van der Waals surface area contributed by atoms with Crippen molar-refractivity contribution in [1.82, 2.24) is 0 Å². The molecule has 1 aromatic rings. The molecule has 18 heavy (non-hydrogen) atoms. The molecule has 100 valence electrons. The Balaban J connectivity index is 3.32. The van der Waals surface area contributed by atoms with E-state index in [0.29, 0.717) is 6.54 Å². The topological polar surface area (TPSA) is 38.8 Å². The smallest absolute Gasteiger partial charge is 0.149 e.